The van der Waals surface area contributed by atoms with Gasteiger partial charge >= 0.3 is 0 Å². The molecule has 76 valence electrons. The molecule has 0 amide bonds. The van der Waals surface area contributed by atoms with Crippen molar-refractivity contribution in [2.75, 3.05) is 6.26 Å². The Hall–Kier alpha value is -0.130. The Balaban J connectivity index is 2.25. The highest BCUT2D eigenvalue weighted by atomic mass is 32.2. The Morgan fingerprint density at radius 1 is 1.23 bits per heavy atom. The van der Waals surface area contributed by atoms with Crippen LogP contribution in [0.3, 0.4) is 0 Å². The van der Waals surface area contributed by atoms with Gasteiger partial charge in [-0.2, -0.15) is 4.31 Å². The highest BCUT2D eigenvalue weighted by Gasteiger charge is 2.44. The van der Waals surface area contributed by atoms with E-state index in [0.29, 0.717) is 0 Å². The molecule has 2 aliphatic heterocycles. The lowest BCUT2D eigenvalue weighted by atomic mass is 10.0. The second-order valence-corrected chi connectivity index (χ2v) is 6.10. The highest BCUT2D eigenvalue weighted by Crippen LogP contribution is 2.36. The van der Waals surface area contributed by atoms with Crippen LogP contribution in [-0.2, 0) is 10.0 Å². The third-order valence-corrected chi connectivity index (χ3v) is 4.45. The van der Waals surface area contributed by atoms with Gasteiger partial charge in [0.05, 0.1) is 6.26 Å². The zero-order chi connectivity index (χ0) is 9.64. The van der Waals surface area contributed by atoms with E-state index in [-0.39, 0.29) is 18.1 Å². The van der Waals surface area contributed by atoms with Crippen molar-refractivity contribution in [3.63, 3.8) is 0 Å². The molecule has 2 saturated heterocycles. The summed E-state index contributed by atoms with van der Waals surface area (Å²) in [5.74, 6) is 0. The lowest BCUT2D eigenvalue weighted by molar-refractivity contribution is 0.228. The van der Waals surface area contributed by atoms with E-state index in [0.717, 1.165) is 25.7 Å². The molecule has 0 aromatic carbocycles. The van der Waals surface area contributed by atoms with E-state index in [1.54, 1.807) is 4.31 Å². The Morgan fingerprint density at radius 3 is 2.08 bits per heavy atom. The summed E-state index contributed by atoms with van der Waals surface area (Å²) in [6, 6.07) is 0.572. The number of nitrogens with zero attached hydrogens (tertiary/aromatic N) is 1. The summed E-state index contributed by atoms with van der Waals surface area (Å²) in [5, 5.41) is 0. The van der Waals surface area contributed by atoms with E-state index < -0.39 is 10.0 Å². The number of nitrogens with two attached hydrogens (primary N) is 1. The number of rotatable bonds is 1. The maximum Gasteiger partial charge on any atom is 0.211 e. The molecule has 1 unspecified atom stereocenters. The zero-order valence-electron chi connectivity index (χ0n) is 7.81. The molecule has 0 aromatic rings. The van der Waals surface area contributed by atoms with Crippen molar-refractivity contribution >= 4 is 10.0 Å². The summed E-state index contributed by atoms with van der Waals surface area (Å²) in [7, 11) is -3.01. The standard InChI is InChI=1S/C8H16N2O2S/c1-13(11,12)10-7-2-3-8(10)5-6(9)4-7/h6-8H,2-5,9H2,1H3/t6?,7-,8+. The van der Waals surface area contributed by atoms with E-state index >= 15 is 0 Å². The van der Waals surface area contributed by atoms with E-state index in [2.05, 4.69) is 0 Å². The number of fused-ring (bicyclic) bond motifs is 2. The van der Waals surface area contributed by atoms with Gasteiger partial charge in [-0.25, -0.2) is 8.42 Å². The summed E-state index contributed by atoms with van der Waals surface area (Å²) >= 11 is 0. The van der Waals surface area contributed by atoms with Gasteiger partial charge in [0.1, 0.15) is 0 Å². The van der Waals surface area contributed by atoms with Crippen LogP contribution in [0.4, 0.5) is 0 Å². The molecule has 0 saturated carbocycles. The second-order valence-electron chi connectivity index (χ2n) is 4.21. The largest absolute Gasteiger partial charge is 0.328 e. The van der Waals surface area contributed by atoms with Gasteiger partial charge in [-0.15, -0.1) is 0 Å². The summed E-state index contributed by atoms with van der Waals surface area (Å²) in [4.78, 5) is 0. The normalized spacial score (nSPS) is 40.9. The molecule has 2 aliphatic rings. The van der Waals surface area contributed by atoms with Crippen LogP contribution in [0.25, 0.3) is 0 Å². The molecule has 0 aromatic heterocycles. The molecule has 0 aliphatic carbocycles. The molecule has 2 N–H and O–H groups in total. The fourth-order valence-corrected chi connectivity index (χ4v) is 4.18. The smallest absolute Gasteiger partial charge is 0.211 e. The first-order valence-electron chi connectivity index (χ1n) is 4.72. The number of hydrogen-bond acceptors (Lipinski definition) is 3. The monoisotopic (exact) mass is 204 g/mol. The van der Waals surface area contributed by atoms with Crippen LogP contribution in [0.1, 0.15) is 25.7 Å². The van der Waals surface area contributed by atoms with Gasteiger partial charge < -0.3 is 5.73 Å². The quantitative estimate of drug-likeness (QED) is 0.648. The fourth-order valence-electron chi connectivity index (χ4n) is 2.72. The van der Waals surface area contributed by atoms with Crippen molar-refractivity contribution in [1.29, 1.82) is 0 Å². The molecule has 0 spiro atoms. The molecule has 3 atom stereocenters. The Bertz CT molecular complexity index is 287. The SMILES string of the molecule is CS(=O)(=O)N1[C@@H]2CC[C@H]1CC(N)C2. The Kier molecular flexibility index (Phi) is 2.13. The molecule has 4 nitrogen and oxygen atoms in total. The fraction of sp³-hybridized carbons (Fsp3) is 1.00. The van der Waals surface area contributed by atoms with Crippen LogP contribution in [0.15, 0.2) is 0 Å². The molecular weight excluding hydrogens is 188 g/mol. The van der Waals surface area contributed by atoms with Crippen molar-refractivity contribution in [3.05, 3.63) is 0 Å². The summed E-state index contributed by atoms with van der Waals surface area (Å²) < 4.78 is 24.6. The van der Waals surface area contributed by atoms with Crippen molar-refractivity contribution < 1.29 is 8.42 Å². The molecule has 2 bridgehead atoms. The van der Waals surface area contributed by atoms with Crippen molar-refractivity contribution in [2.24, 2.45) is 5.73 Å². The van der Waals surface area contributed by atoms with Crippen LogP contribution >= 0.6 is 0 Å². The van der Waals surface area contributed by atoms with Crippen molar-refractivity contribution in [2.45, 2.75) is 43.8 Å². The van der Waals surface area contributed by atoms with Gasteiger partial charge in [-0.3, -0.25) is 0 Å². The molecule has 2 rings (SSSR count). The minimum absolute atomic E-state index is 0.184. The third-order valence-electron chi connectivity index (χ3n) is 3.09. The van der Waals surface area contributed by atoms with Crippen LogP contribution in [0.2, 0.25) is 0 Å². The highest BCUT2D eigenvalue weighted by molar-refractivity contribution is 7.88. The van der Waals surface area contributed by atoms with E-state index in [4.69, 9.17) is 5.73 Å². The van der Waals surface area contributed by atoms with Gasteiger partial charge in [0.2, 0.25) is 10.0 Å². The lowest BCUT2D eigenvalue weighted by Crippen LogP contribution is -2.49. The molecular formula is C8H16N2O2S. The maximum atomic E-state index is 11.4. The molecule has 2 heterocycles. The number of piperidine rings is 1. The average molecular weight is 204 g/mol. The first-order valence-corrected chi connectivity index (χ1v) is 6.57. The van der Waals surface area contributed by atoms with Crippen LogP contribution in [-0.4, -0.2) is 37.1 Å². The Labute approximate surface area is 79.1 Å². The average Bonchev–Trinajstić information content (AvgIpc) is 2.23. The molecule has 0 radical (unpaired) electrons. The van der Waals surface area contributed by atoms with Crippen LogP contribution in [0, 0.1) is 0 Å². The second kappa shape index (κ2) is 2.93. The Morgan fingerprint density at radius 2 is 1.69 bits per heavy atom. The summed E-state index contributed by atoms with van der Waals surface area (Å²) in [6.45, 7) is 0. The number of hydrogen-bond donors (Lipinski definition) is 1. The minimum atomic E-state index is -3.01. The maximum absolute atomic E-state index is 11.4. The lowest BCUT2D eigenvalue weighted by Gasteiger charge is -2.35. The first kappa shape index (κ1) is 9.43. The van der Waals surface area contributed by atoms with Gasteiger partial charge in [0.15, 0.2) is 0 Å². The number of sulfonamides is 1. The van der Waals surface area contributed by atoms with Gasteiger partial charge in [-0.1, -0.05) is 0 Å². The third kappa shape index (κ3) is 1.60. The molecule has 5 heteroatoms. The van der Waals surface area contributed by atoms with Crippen molar-refractivity contribution in [1.82, 2.24) is 4.31 Å². The summed E-state index contributed by atoms with van der Waals surface area (Å²) in [6.07, 6.45) is 4.96. The van der Waals surface area contributed by atoms with Crippen molar-refractivity contribution in [3.8, 4) is 0 Å². The van der Waals surface area contributed by atoms with E-state index in [1.807, 2.05) is 0 Å². The van der Waals surface area contributed by atoms with Crippen LogP contribution in [0.5, 0.6) is 0 Å². The zero-order valence-corrected chi connectivity index (χ0v) is 8.63. The summed E-state index contributed by atoms with van der Waals surface area (Å²) in [5.41, 5.74) is 5.84. The van der Waals surface area contributed by atoms with Crippen LogP contribution < -0.4 is 5.73 Å². The molecule has 2 fully saturated rings. The van der Waals surface area contributed by atoms with Gasteiger partial charge in [0, 0.05) is 18.1 Å². The topological polar surface area (TPSA) is 63.4 Å². The predicted molar refractivity (Wildman–Crippen MR) is 50.7 cm³/mol. The minimum Gasteiger partial charge on any atom is -0.328 e. The van der Waals surface area contributed by atoms with Gasteiger partial charge in [0.25, 0.3) is 0 Å². The van der Waals surface area contributed by atoms with E-state index in [1.165, 1.54) is 6.26 Å². The van der Waals surface area contributed by atoms with E-state index in [9.17, 15) is 8.42 Å². The predicted octanol–water partition coefficient (Wildman–Crippen LogP) is -0.0999. The molecule has 13 heavy (non-hydrogen) atoms. The first-order chi connectivity index (χ1) is 5.98. The van der Waals surface area contributed by atoms with Gasteiger partial charge in [-0.05, 0) is 25.7 Å².